The summed E-state index contributed by atoms with van der Waals surface area (Å²) in [5.41, 5.74) is 1.03. The van der Waals surface area contributed by atoms with Crippen LogP contribution in [0.15, 0.2) is 36.4 Å². The van der Waals surface area contributed by atoms with Crippen molar-refractivity contribution in [2.24, 2.45) is 5.92 Å². The number of halogens is 1. The van der Waals surface area contributed by atoms with Crippen LogP contribution < -0.4 is 17.3 Å². The Balaban J connectivity index is 0.00000147. The van der Waals surface area contributed by atoms with Gasteiger partial charge >= 0.3 is 5.97 Å². The first-order chi connectivity index (χ1) is 9.31. The lowest BCUT2D eigenvalue weighted by atomic mass is 9.86. The van der Waals surface area contributed by atoms with Crippen molar-refractivity contribution in [3.8, 4) is 0 Å². The van der Waals surface area contributed by atoms with Gasteiger partial charge in [-0.2, -0.15) is 0 Å². The summed E-state index contributed by atoms with van der Waals surface area (Å²) in [7, 11) is 0. The number of piperidine rings is 3. The van der Waals surface area contributed by atoms with E-state index < -0.39 is 0 Å². The van der Waals surface area contributed by atoms with Gasteiger partial charge in [0, 0.05) is 24.8 Å². The first-order valence-electron chi connectivity index (χ1n) is 7.08. The topological polar surface area (TPSA) is 30.7 Å². The number of rotatable bonds is 3. The Bertz CT molecular complexity index is 467. The number of carbonyl (C=O) groups is 1. The first-order valence-corrected chi connectivity index (χ1v) is 7.08. The molecule has 3 aliphatic heterocycles. The Morgan fingerprint density at radius 2 is 1.90 bits per heavy atom. The summed E-state index contributed by atoms with van der Waals surface area (Å²) >= 11 is 0. The van der Waals surface area contributed by atoms with Crippen molar-refractivity contribution in [3.05, 3.63) is 42.0 Å². The standard InChI is InChI=1S/C16H19NO2.ClH/c18-16(7-6-13-4-2-1-3-5-13)19-15-12-17-10-8-14(15)9-11-17;/h1-7,14-15H,8-12H2;1H. The maximum absolute atomic E-state index is 11.8. The second-order valence-electron chi connectivity index (χ2n) is 5.51. The van der Waals surface area contributed by atoms with Crippen LogP contribution in [0.3, 0.4) is 0 Å². The van der Waals surface area contributed by atoms with Gasteiger partial charge in [-0.05, 0) is 11.6 Å². The molecule has 3 aliphatic rings. The maximum Gasteiger partial charge on any atom is 0.331 e. The zero-order valence-electron chi connectivity index (χ0n) is 11.4. The van der Waals surface area contributed by atoms with Gasteiger partial charge in [0.05, 0.1) is 13.1 Å². The third kappa shape index (κ3) is 3.62. The van der Waals surface area contributed by atoms with Crippen LogP contribution in [0.25, 0.3) is 6.08 Å². The van der Waals surface area contributed by atoms with Gasteiger partial charge in [-0.25, -0.2) is 4.79 Å². The van der Waals surface area contributed by atoms with Crippen LogP contribution in [0.2, 0.25) is 0 Å². The Hall–Kier alpha value is -1.32. The third-order valence-electron chi connectivity index (χ3n) is 4.23. The van der Waals surface area contributed by atoms with Crippen molar-refractivity contribution in [1.82, 2.24) is 0 Å². The molecule has 2 bridgehead atoms. The third-order valence-corrected chi connectivity index (χ3v) is 4.23. The highest BCUT2D eigenvalue weighted by molar-refractivity contribution is 5.87. The predicted molar refractivity (Wildman–Crippen MR) is 73.6 cm³/mol. The highest BCUT2D eigenvalue weighted by atomic mass is 35.5. The first kappa shape index (κ1) is 15.1. The molecule has 1 atom stereocenters. The van der Waals surface area contributed by atoms with Gasteiger partial charge < -0.3 is 22.0 Å². The number of nitrogens with one attached hydrogen (secondary N) is 1. The van der Waals surface area contributed by atoms with Crippen molar-refractivity contribution in [2.45, 2.75) is 18.9 Å². The number of carbonyl (C=O) groups excluding carboxylic acids is 1. The van der Waals surface area contributed by atoms with Crippen molar-refractivity contribution in [2.75, 3.05) is 19.6 Å². The van der Waals surface area contributed by atoms with Crippen molar-refractivity contribution < 1.29 is 26.8 Å². The molecule has 3 heterocycles. The molecule has 3 saturated heterocycles. The van der Waals surface area contributed by atoms with Crippen LogP contribution in [0.5, 0.6) is 0 Å². The maximum atomic E-state index is 11.8. The normalized spacial score (nSPS) is 28.1. The molecule has 3 nitrogen and oxygen atoms in total. The van der Waals surface area contributed by atoms with Gasteiger partial charge in [0.2, 0.25) is 0 Å². The molecule has 1 N–H and O–H groups in total. The summed E-state index contributed by atoms with van der Waals surface area (Å²) in [6.07, 6.45) is 5.90. The number of fused-ring (bicyclic) bond motifs is 3. The molecule has 0 aliphatic carbocycles. The number of hydrogen-bond donors (Lipinski definition) is 1. The zero-order valence-corrected chi connectivity index (χ0v) is 12.2. The van der Waals surface area contributed by atoms with Crippen LogP contribution in [0.4, 0.5) is 0 Å². The van der Waals surface area contributed by atoms with E-state index in [1.807, 2.05) is 36.4 Å². The second-order valence-corrected chi connectivity index (χ2v) is 5.51. The summed E-state index contributed by atoms with van der Waals surface area (Å²) < 4.78 is 5.60. The minimum absolute atomic E-state index is 0. The van der Waals surface area contributed by atoms with E-state index in [4.69, 9.17) is 4.74 Å². The van der Waals surface area contributed by atoms with E-state index in [-0.39, 0.29) is 24.5 Å². The van der Waals surface area contributed by atoms with E-state index in [0.29, 0.717) is 5.92 Å². The van der Waals surface area contributed by atoms with Crippen molar-refractivity contribution >= 4 is 12.0 Å². The van der Waals surface area contributed by atoms with Gasteiger partial charge in [0.15, 0.2) is 6.10 Å². The SMILES string of the molecule is O=C(C=Cc1ccccc1)OC1C[NH+]2CCC1CC2.[Cl-]. The van der Waals surface area contributed by atoms with Gasteiger partial charge in [-0.15, -0.1) is 0 Å². The molecule has 0 spiro atoms. The largest absolute Gasteiger partial charge is 1.00 e. The molecule has 3 fully saturated rings. The molecule has 0 radical (unpaired) electrons. The lowest BCUT2D eigenvalue weighted by molar-refractivity contribution is -0.920. The fourth-order valence-corrected chi connectivity index (χ4v) is 3.13. The average molecular weight is 294 g/mol. The van der Waals surface area contributed by atoms with Crippen LogP contribution >= 0.6 is 0 Å². The molecule has 1 unspecified atom stereocenters. The molecular weight excluding hydrogens is 274 g/mol. The summed E-state index contributed by atoms with van der Waals surface area (Å²) in [6, 6.07) is 9.83. The van der Waals surface area contributed by atoms with Crippen molar-refractivity contribution in [1.29, 1.82) is 0 Å². The molecule has 108 valence electrons. The Morgan fingerprint density at radius 1 is 1.20 bits per heavy atom. The van der Waals surface area contributed by atoms with E-state index >= 15 is 0 Å². The molecule has 4 rings (SSSR count). The summed E-state index contributed by atoms with van der Waals surface area (Å²) in [5.74, 6) is 0.383. The molecule has 4 heteroatoms. The number of ether oxygens (including phenoxy) is 1. The number of quaternary nitrogens is 1. The smallest absolute Gasteiger partial charge is 0.331 e. The lowest BCUT2D eigenvalue weighted by Crippen LogP contribution is -3.16. The minimum Gasteiger partial charge on any atom is -1.00 e. The van der Waals surface area contributed by atoms with Gasteiger partial charge in [-0.1, -0.05) is 30.3 Å². The van der Waals surface area contributed by atoms with E-state index in [1.165, 1.54) is 25.9 Å². The van der Waals surface area contributed by atoms with Gasteiger partial charge in [0.1, 0.15) is 6.54 Å². The quantitative estimate of drug-likeness (QED) is 0.513. The summed E-state index contributed by atoms with van der Waals surface area (Å²) in [4.78, 5) is 13.4. The van der Waals surface area contributed by atoms with E-state index in [2.05, 4.69) is 0 Å². The van der Waals surface area contributed by atoms with E-state index in [1.54, 1.807) is 11.0 Å². The van der Waals surface area contributed by atoms with Gasteiger partial charge in [0.25, 0.3) is 0 Å². The Kier molecular flexibility index (Phi) is 5.21. The summed E-state index contributed by atoms with van der Waals surface area (Å²) in [5, 5.41) is 0. The zero-order chi connectivity index (χ0) is 13.1. The highest BCUT2D eigenvalue weighted by Crippen LogP contribution is 2.21. The Labute approximate surface area is 126 Å². The van der Waals surface area contributed by atoms with E-state index in [0.717, 1.165) is 12.1 Å². The Morgan fingerprint density at radius 3 is 2.50 bits per heavy atom. The van der Waals surface area contributed by atoms with E-state index in [9.17, 15) is 4.79 Å². The van der Waals surface area contributed by atoms with Crippen LogP contribution in [0, 0.1) is 5.92 Å². The van der Waals surface area contributed by atoms with Gasteiger partial charge in [-0.3, -0.25) is 0 Å². The number of hydrogen-bond acceptors (Lipinski definition) is 2. The highest BCUT2D eigenvalue weighted by Gasteiger charge is 2.39. The number of esters is 1. The molecule has 1 aromatic rings. The minimum atomic E-state index is -0.206. The fraction of sp³-hybridized carbons (Fsp3) is 0.438. The predicted octanol–water partition coefficient (Wildman–Crippen LogP) is -2.08. The second kappa shape index (κ2) is 6.91. The van der Waals surface area contributed by atoms with Crippen molar-refractivity contribution in [3.63, 3.8) is 0 Å². The fourth-order valence-electron chi connectivity index (χ4n) is 3.13. The number of benzene rings is 1. The molecule has 20 heavy (non-hydrogen) atoms. The van der Waals surface area contributed by atoms with Crippen LogP contribution in [0.1, 0.15) is 18.4 Å². The monoisotopic (exact) mass is 293 g/mol. The lowest BCUT2D eigenvalue weighted by Gasteiger charge is -2.40. The molecule has 0 amide bonds. The van der Waals surface area contributed by atoms with Crippen LogP contribution in [-0.2, 0) is 9.53 Å². The summed E-state index contributed by atoms with van der Waals surface area (Å²) in [6.45, 7) is 3.49. The molecule has 1 aromatic carbocycles. The average Bonchev–Trinajstić information content (AvgIpc) is 2.47. The molecule has 0 saturated carbocycles. The molecule has 0 aromatic heterocycles. The molecular formula is C16H20ClNO2. The van der Waals surface area contributed by atoms with Crippen LogP contribution in [-0.4, -0.2) is 31.7 Å².